The van der Waals surface area contributed by atoms with Crippen LogP contribution in [0.25, 0.3) is 0 Å². The number of carbonyl (C=O) groups excluding carboxylic acids is 3. The minimum Gasteiger partial charge on any atom is -0.481 e. The van der Waals surface area contributed by atoms with E-state index < -0.39 is 29.7 Å². The number of rotatable bonds is 12. The lowest BCUT2D eigenvalue weighted by atomic mass is 9.95. The Kier molecular flexibility index (Phi) is 11.2. The van der Waals surface area contributed by atoms with Gasteiger partial charge in [0, 0.05) is 31.8 Å². The van der Waals surface area contributed by atoms with Crippen LogP contribution in [0.3, 0.4) is 0 Å². The zero-order valence-electron chi connectivity index (χ0n) is 16.6. The van der Waals surface area contributed by atoms with Crippen LogP contribution >= 0.6 is 0 Å². The number of carbonyl (C=O) groups is 4. The molecule has 28 heavy (non-hydrogen) atoms. The number of piperidine rings is 1. The van der Waals surface area contributed by atoms with Crippen LogP contribution in [0.4, 0.5) is 0 Å². The predicted octanol–water partition coefficient (Wildman–Crippen LogP) is 1.44. The minimum absolute atomic E-state index is 0.00425. The molecule has 1 rings (SSSR count). The second kappa shape index (κ2) is 13.1. The number of nitrogens with one attached hydrogen (secondary N) is 2. The second-order valence-electron chi connectivity index (χ2n) is 7.31. The van der Waals surface area contributed by atoms with Gasteiger partial charge < -0.3 is 15.3 Å². The Balaban J connectivity index is 2.81. The summed E-state index contributed by atoms with van der Waals surface area (Å²) in [5, 5.41) is 20.4. The predicted molar refractivity (Wildman–Crippen MR) is 101 cm³/mol. The molecule has 0 spiro atoms. The Morgan fingerprint density at radius 2 is 1.71 bits per heavy atom. The summed E-state index contributed by atoms with van der Waals surface area (Å²) in [6, 6.07) is -0.924. The minimum atomic E-state index is -1.04. The summed E-state index contributed by atoms with van der Waals surface area (Å²) < 4.78 is 0. The van der Waals surface area contributed by atoms with Crippen molar-refractivity contribution in [2.45, 2.75) is 77.2 Å². The van der Waals surface area contributed by atoms with Gasteiger partial charge in [0.05, 0.1) is 0 Å². The van der Waals surface area contributed by atoms with Crippen molar-refractivity contribution in [3.05, 3.63) is 0 Å². The van der Waals surface area contributed by atoms with E-state index in [1.165, 1.54) is 5.48 Å². The van der Waals surface area contributed by atoms with Crippen LogP contribution in [0, 0.1) is 5.92 Å². The number of nitrogens with zero attached hydrogens (tertiary/aromatic N) is 1. The smallest absolute Gasteiger partial charge is 0.303 e. The number of hydrogen-bond donors (Lipinski definition) is 4. The van der Waals surface area contributed by atoms with Crippen molar-refractivity contribution in [1.82, 2.24) is 15.7 Å². The van der Waals surface area contributed by atoms with Crippen LogP contribution in [0.2, 0.25) is 0 Å². The van der Waals surface area contributed by atoms with E-state index in [4.69, 9.17) is 10.3 Å². The quantitative estimate of drug-likeness (QED) is 0.223. The SMILES string of the molecule is CCCCCC(CC(=O)NO)C(=O)NC(CCC(=O)O)C(=O)N1CCCCC1. The van der Waals surface area contributed by atoms with Crippen LogP contribution in [-0.2, 0) is 19.2 Å². The third kappa shape index (κ3) is 8.69. The van der Waals surface area contributed by atoms with Crippen molar-refractivity contribution >= 4 is 23.7 Å². The summed E-state index contributed by atoms with van der Waals surface area (Å²) >= 11 is 0. The largest absolute Gasteiger partial charge is 0.481 e. The maximum absolute atomic E-state index is 12.8. The van der Waals surface area contributed by atoms with Gasteiger partial charge in [0.1, 0.15) is 6.04 Å². The number of hydroxylamine groups is 1. The summed E-state index contributed by atoms with van der Waals surface area (Å²) in [5.41, 5.74) is 1.54. The van der Waals surface area contributed by atoms with Gasteiger partial charge in [-0.2, -0.15) is 0 Å². The van der Waals surface area contributed by atoms with Crippen molar-refractivity contribution in [2.75, 3.05) is 13.1 Å². The van der Waals surface area contributed by atoms with Gasteiger partial charge in [0.25, 0.3) is 0 Å². The monoisotopic (exact) mass is 399 g/mol. The molecule has 2 unspecified atom stereocenters. The molecule has 3 amide bonds. The van der Waals surface area contributed by atoms with E-state index in [2.05, 4.69) is 5.32 Å². The first kappa shape index (κ1) is 23.9. The molecule has 0 saturated carbocycles. The highest BCUT2D eigenvalue weighted by molar-refractivity contribution is 5.90. The first-order valence-electron chi connectivity index (χ1n) is 10.1. The molecule has 160 valence electrons. The zero-order chi connectivity index (χ0) is 20.9. The van der Waals surface area contributed by atoms with E-state index in [0.717, 1.165) is 38.5 Å². The number of carboxylic acids is 1. The zero-order valence-corrected chi connectivity index (χ0v) is 16.6. The standard InChI is InChI=1S/C19H33N3O6/c1-2-3-5-8-14(13-16(23)21-28)18(26)20-15(9-10-17(24)25)19(27)22-11-6-4-7-12-22/h14-15,28H,2-13H2,1H3,(H,20,26)(H,21,23)(H,24,25). The van der Waals surface area contributed by atoms with Crippen LogP contribution in [-0.4, -0.2) is 58.0 Å². The van der Waals surface area contributed by atoms with Gasteiger partial charge in [-0.25, -0.2) is 5.48 Å². The molecule has 9 nitrogen and oxygen atoms in total. The highest BCUT2D eigenvalue weighted by Gasteiger charge is 2.30. The van der Waals surface area contributed by atoms with E-state index in [0.29, 0.717) is 19.5 Å². The van der Waals surface area contributed by atoms with E-state index >= 15 is 0 Å². The molecule has 0 aromatic heterocycles. The van der Waals surface area contributed by atoms with E-state index in [1.807, 2.05) is 6.92 Å². The molecule has 0 aromatic carbocycles. The lowest BCUT2D eigenvalue weighted by molar-refractivity contribution is -0.141. The molecule has 0 aromatic rings. The van der Waals surface area contributed by atoms with Crippen molar-refractivity contribution in [1.29, 1.82) is 0 Å². The fourth-order valence-electron chi connectivity index (χ4n) is 3.39. The topological polar surface area (TPSA) is 136 Å². The summed E-state index contributed by atoms with van der Waals surface area (Å²) in [5.74, 6) is -3.11. The molecule has 9 heteroatoms. The summed E-state index contributed by atoms with van der Waals surface area (Å²) in [6.45, 7) is 3.23. The first-order chi connectivity index (χ1) is 13.4. The fourth-order valence-corrected chi connectivity index (χ4v) is 3.39. The van der Waals surface area contributed by atoms with Crippen LogP contribution in [0.1, 0.15) is 71.1 Å². The Bertz CT molecular complexity index is 534. The van der Waals surface area contributed by atoms with Crippen molar-refractivity contribution in [3.8, 4) is 0 Å². The third-order valence-electron chi connectivity index (χ3n) is 5.01. The molecule has 2 atom stereocenters. The third-order valence-corrected chi connectivity index (χ3v) is 5.01. The highest BCUT2D eigenvalue weighted by Crippen LogP contribution is 2.17. The van der Waals surface area contributed by atoms with E-state index in [1.54, 1.807) is 4.90 Å². The molecular formula is C19H33N3O6. The summed E-state index contributed by atoms with van der Waals surface area (Å²) in [4.78, 5) is 49.7. The van der Waals surface area contributed by atoms with Crippen LogP contribution in [0.15, 0.2) is 0 Å². The number of hydrogen-bond acceptors (Lipinski definition) is 5. The van der Waals surface area contributed by atoms with Gasteiger partial charge in [0.15, 0.2) is 0 Å². The number of amides is 3. The molecule has 1 fully saturated rings. The van der Waals surface area contributed by atoms with Crippen molar-refractivity contribution in [2.24, 2.45) is 5.92 Å². The molecule has 1 aliphatic rings. The molecule has 0 aliphatic carbocycles. The maximum atomic E-state index is 12.8. The average Bonchev–Trinajstić information content (AvgIpc) is 2.70. The first-order valence-corrected chi connectivity index (χ1v) is 10.1. The second-order valence-corrected chi connectivity index (χ2v) is 7.31. The van der Waals surface area contributed by atoms with E-state index in [9.17, 15) is 19.2 Å². The number of carboxylic acid groups (broad SMARTS) is 1. The molecule has 4 N–H and O–H groups in total. The number of unbranched alkanes of at least 4 members (excludes halogenated alkanes) is 2. The van der Waals surface area contributed by atoms with Gasteiger partial charge in [-0.1, -0.05) is 26.2 Å². The molecule has 0 radical (unpaired) electrons. The van der Waals surface area contributed by atoms with Gasteiger partial charge >= 0.3 is 5.97 Å². The van der Waals surface area contributed by atoms with Crippen LogP contribution < -0.4 is 10.8 Å². The van der Waals surface area contributed by atoms with Gasteiger partial charge in [-0.3, -0.25) is 24.4 Å². The summed E-state index contributed by atoms with van der Waals surface area (Å²) in [6.07, 6.45) is 5.47. The Morgan fingerprint density at radius 3 is 2.29 bits per heavy atom. The number of aliphatic carboxylic acids is 1. The molecular weight excluding hydrogens is 366 g/mol. The highest BCUT2D eigenvalue weighted by atomic mass is 16.5. The number of likely N-dealkylation sites (tertiary alicyclic amines) is 1. The van der Waals surface area contributed by atoms with Crippen LogP contribution in [0.5, 0.6) is 0 Å². The van der Waals surface area contributed by atoms with E-state index in [-0.39, 0.29) is 25.2 Å². The molecule has 1 heterocycles. The molecule has 1 saturated heterocycles. The summed E-state index contributed by atoms with van der Waals surface area (Å²) in [7, 11) is 0. The lowest BCUT2D eigenvalue weighted by Crippen LogP contribution is -2.51. The van der Waals surface area contributed by atoms with Crippen molar-refractivity contribution < 1.29 is 29.5 Å². The average molecular weight is 399 g/mol. The fraction of sp³-hybridized carbons (Fsp3) is 0.789. The lowest BCUT2D eigenvalue weighted by Gasteiger charge is -2.31. The van der Waals surface area contributed by atoms with Crippen molar-refractivity contribution in [3.63, 3.8) is 0 Å². The van der Waals surface area contributed by atoms with Gasteiger partial charge in [-0.15, -0.1) is 0 Å². The maximum Gasteiger partial charge on any atom is 0.303 e. The Morgan fingerprint density at radius 1 is 1.04 bits per heavy atom. The van der Waals surface area contributed by atoms with Gasteiger partial charge in [-0.05, 0) is 32.1 Å². The normalized spacial score (nSPS) is 16.1. The molecule has 1 aliphatic heterocycles. The van der Waals surface area contributed by atoms with Gasteiger partial charge in [0.2, 0.25) is 17.7 Å². The Hall–Kier alpha value is -2.16. The Labute approximate surface area is 165 Å². The molecule has 0 bridgehead atoms.